The van der Waals surface area contributed by atoms with Gasteiger partial charge in [0.05, 0.1) is 5.52 Å². The molecule has 1 aromatic carbocycles. The third-order valence-electron chi connectivity index (χ3n) is 3.85. The lowest BCUT2D eigenvalue weighted by Gasteiger charge is -2.31. The van der Waals surface area contributed by atoms with Gasteiger partial charge in [-0.3, -0.25) is 4.98 Å². The van der Waals surface area contributed by atoms with Crippen LogP contribution in [-0.2, 0) is 10.0 Å². The van der Waals surface area contributed by atoms with Gasteiger partial charge in [-0.2, -0.15) is 4.31 Å². The first-order valence-electron chi connectivity index (χ1n) is 6.82. The van der Waals surface area contributed by atoms with Gasteiger partial charge in [0.25, 0.3) is 0 Å². The highest BCUT2D eigenvalue weighted by Crippen LogP contribution is 2.28. The van der Waals surface area contributed by atoms with Gasteiger partial charge in [0.2, 0.25) is 10.0 Å². The molecule has 0 aliphatic carbocycles. The fraction of sp³-hybridized carbons (Fsp3) is 0.357. The normalized spacial score (nSPS) is 18.1. The van der Waals surface area contributed by atoms with Crippen LogP contribution in [0.4, 0.5) is 5.69 Å². The molecule has 0 saturated carbocycles. The van der Waals surface area contributed by atoms with E-state index in [1.807, 2.05) is 7.05 Å². The number of sulfonamides is 1. The molecule has 0 bridgehead atoms. The lowest BCUT2D eigenvalue weighted by atomic mass is 10.2. The van der Waals surface area contributed by atoms with Gasteiger partial charge in [-0.25, -0.2) is 8.42 Å². The number of rotatable bonds is 2. The number of nitrogen functional groups attached to an aromatic ring is 1. The van der Waals surface area contributed by atoms with Gasteiger partial charge in [0.15, 0.2) is 0 Å². The Labute approximate surface area is 124 Å². The zero-order valence-corrected chi connectivity index (χ0v) is 12.7. The second kappa shape index (κ2) is 5.25. The first-order valence-corrected chi connectivity index (χ1v) is 8.26. The van der Waals surface area contributed by atoms with Crippen molar-refractivity contribution in [3.63, 3.8) is 0 Å². The molecule has 0 unspecified atom stereocenters. The minimum atomic E-state index is -3.54. The zero-order valence-electron chi connectivity index (χ0n) is 11.9. The topological polar surface area (TPSA) is 79.5 Å². The molecule has 2 N–H and O–H groups in total. The molecule has 1 aliphatic heterocycles. The van der Waals surface area contributed by atoms with E-state index in [4.69, 9.17) is 5.73 Å². The largest absolute Gasteiger partial charge is 0.398 e. The molecule has 0 spiro atoms. The van der Waals surface area contributed by atoms with E-state index < -0.39 is 10.0 Å². The van der Waals surface area contributed by atoms with Crippen LogP contribution in [0.15, 0.2) is 35.4 Å². The summed E-state index contributed by atoms with van der Waals surface area (Å²) < 4.78 is 27.2. The zero-order chi connectivity index (χ0) is 15.0. The summed E-state index contributed by atoms with van der Waals surface area (Å²) in [4.78, 5) is 6.57. The van der Waals surface area contributed by atoms with Crippen LogP contribution in [0.3, 0.4) is 0 Å². The number of nitrogens with zero attached hydrogens (tertiary/aromatic N) is 3. The Morgan fingerprint density at radius 2 is 1.86 bits per heavy atom. The van der Waals surface area contributed by atoms with Crippen molar-refractivity contribution in [2.24, 2.45) is 0 Å². The van der Waals surface area contributed by atoms with Crippen LogP contribution in [0, 0.1) is 0 Å². The molecule has 0 amide bonds. The second-order valence-corrected chi connectivity index (χ2v) is 7.17. The molecule has 2 aromatic rings. The molecule has 2 heterocycles. The van der Waals surface area contributed by atoms with Gasteiger partial charge in [-0.15, -0.1) is 0 Å². The van der Waals surface area contributed by atoms with E-state index in [1.165, 1.54) is 4.31 Å². The summed E-state index contributed by atoms with van der Waals surface area (Å²) in [6.45, 7) is 2.47. The molecule has 1 aliphatic rings. The average Bonchev–Trinajstić information content (AvgIpc) is 2.48. The van der Waals surface area contributed by atoms with Crippen LogP contribution in [0.25, 0.3) is 10.9 Å². The van der Waals surface area contributed by atoms with Crippen molar-refractivity contribution < 1.29 is 8.42 Å². The van der Waals surface area contributed by atoms with Crippen LogP contribution in [0.5, 0.6) is 0 Å². The van der Waals surface area contributed by atoms with Crippen LogP contribution < -0.4 is 5.73 Å². The van der Waals surface area contributed by atoms with Crippen LogP contribution in [0.1, 0.15) is 0 Å². The monoisotopic (exact) mass is 306 g/mol. The van der Waals surface area contributed by atoms with Crippen LogP contribution in [-0.4, -0.2) is 55.8 Å². The summed E-state index contributed by atoms with van der Waals surface area (Å²) in [5.41, 5.74) is 6.89. The Kier molecular flexibility index (Phi) is 3.56. The first kappa shape index (κ1) is 14.2. The number of piperazine rings is 1. The summed E-state index contributed by atoms with van der Waals surface area (Å²) in [6.07, 6.45) is 1.59. The molecule has 1 fully saturated rings. The van der Waals surface area contributed by atoms with E-state index in [0.717, 1.165) is 13.1 Å². The highest BCUT2D eigenvalue weighted by Gasteiger charge is 2.29. The Balaban J connectivity index is 2.09. The predicted octanol–water partition coefficient (Wildman–Crippen LogP) is 0.753. The molecule has 3 rings (SSSR count). The molecular weight excluding hydrogens is 288 g/mol. The fourth-order valence-electron chi connectivity index (χ4n) is 2.54. The van der Waals surface area contributed by atoms with E-state index in [0.29, 0.717) is 29.7 Å². The minimum Gasteiger partial charge on any atom is -0.398 e. The molecule has 7 heteroatoms. The molecular formula is C14H18N4O2S. The van der Waals surface area contributed by atoms with Crippen molar-refractivity contribution in [1.29, 1.82) is 0 Å². The molecule has 0 radical (unpaired) electrons. The maximum absolute atomic E-state index is 12.8. The van der Waals surface area contributed by atoms with Gasteiger partial charge in [-0.05, 0) is 31.3 Å². The summed E-state index contributed by atoms with van der Waals surface area (Å²) >= 11 is 0. The van der Waals surface area contributed by atoms with E-state index in [-0.39, 0.29) is 4.90 Å². The Morgan fingerprint density at radius 1 is 1.14 bits per heavy atom. The van der Waals surface area contributed by atoms with E-state index in [1.54, 1.807) is 30.5 Å². The Morgan fingerprint density at radius 3 is 2.57 bits per heavy atom. The van der Waals surface area contributed by atoms with Crippen molar-refractivity contribution in [3.8, 4) is 0 Å². The molecule has 112 valence electrons. The summed E-state index contributed by atoms with van der Waals surface area (Å²) in [7, 11) is -1.55. The second-order valence-electron chi connectivity index (χ2n) is 5.26. The first-order chi connectivity index (χ1) is 10.00. The number of benzene rings is 1. The quantitative estimate of drug-likeness (QED) is 0.828. The fourth-order valence-corrected chi connectivity index (χ4v) is 4.11. The van der Waals surface area contributed by atoms with Gasteiger partial charge < -0.3 is 10.6 Å². The van der Waals surface area contributed by atoms with Crippen molar-refractivity contribution >= 4 is 26.6 Å². The SMILES string of the molecule is CN1CCN(S(=O)(=O)c2ccc(N)c3cccnc23)CC1. The maximum atomic E-state index is 12.8. The predicted molar refractivity (Wildman–Crippen MR) is 82.4 cm³/mol. The highest BCUT2D eigenvalue weighted by atomic mass is 32.2. The molecule has 21 heavy (non-hydrogen) atoms. The number of hydrogen-bond donors (Lipinski definition) is 1. The Hall–Kier alpha value is -1.70. The average molecular weight is 306 g/mol. The van der Waals surface area contributed by atoms with Crippen molar-refractivity contribution in [3.05, 3.63) is 30.5 Å². The number of likely N-dealkylation sites (N-methyl/N-ethyl adjacent to an activating group) is 1. The van der Waals surface area contributed by atoms with Gasteiger partial charge in [-0.1, -0.05) is 0 Å². The minimum absolute atomic E-state index is 0.233. The van der Waals surface area contributed by atoms with Crippen LogP contribution in [0.2, 0.25) is 0 Å². The van der Waals surface area contributed by atoms with Crippen molar-refractivity contribution in [2.45, 2.75) is 4.90 Å². The lowest BCUT2D eigenvalue weighted by molar-refractivity contribution is 0.222. The molecule has 1 saturated heterocycles. The summed E-state index contributed by atoms with van der Waals surface area (Å²) in [5, 5.41) is 0.674. The number of nitrogens with two attached hydrogens (primary N) is 1. The van der Waals surface area contributed by atoms with E-state index >= 15 is 0 Å². The third-order valence-corrected chi connectivity index (χ3v) is 5.78. The molecule has 6 nitrogen and oxygen atoms in total. The number of hydrogen-bond acceptors (Lipinski definition) is 5. The standard InChI is InChI=1S/C14H18N4O2S/c1-17-7-9-18(10-8-17)21(19,20)13-5-4-12(15)11-3-2-6-16-14(11)13/h2-6H,7-10,15H2,1H3. The van der Waals surface area contributed by atoms with Gasteiger partial charge in [0, 0.05) is 43.4 Å². The molecule has 0 atom stereocenters. The smallest absolute Gasteiger partial charge is 0.245 e. The number of anilines is 1. The van der Waals surface area contributed by atoms with Gasteiger partial charge >= 0.3 is 0 Å². The van der Waals surface area contributed by atoms with E-state index in [9.17, 15) is 8.42 Å². The number of pyridine rings is 1. The van der Waals surface area contributed by atoms with E-state index in [2.05, 4.69) is 9.88 Å². The van der Waals surface area contributed by atoms with Crippen molar-refractivity contribution in [2.75, 3.05) is 39.0 Å². The number of aromatic nitrogens is 1. The molecule has 1 aromatic heterocycles. The summed E-state index contributed by atoms with van der Waals surface area (Å²) in [5.74, 6) is 0. The third kappa shape index (κ3) is 2.48. The summed E-state index contributed by atoms with van der Waals surface area (Å²) in [6, 6.07) is 6.73. The van der Waals surface area contributed by atoms with Gasteiger partial charge in [0.1, 0.15) is 4.90 Å². The maximum Gasteiger partial charge on any atom is 0.245 e. The highest BCUT2D eigenvalue weighted by molar-refractivity contribution is 7.89. The van der Waals surface area contributed by atoms with Crippen LogP contribution >= 0.6 is 0 Å². The lowest BCUT2D eigenvalue weighted by Crippen LogP contribution is -2.47. The number of fused-ring (bicyclic) bond motifs is 1. The van der Waals surface area contributed by atoms with Crippen molar-refractivity contribution in [1.82, 2.24) is 14.2 Å². The Bertz CT molecular complexity index is 768.